The molecule has 62 valence electrons. The van der Waals surface area contributed by atoms with Gasteiger partial charge in [0.1, 0.15) is 11.9 Å². The third-order valence-corrected chi connectivity index (χ3v) is 2.05. The molecule has 0 spiro atoms. The van der Waals surface area contributed by atoms with Crippen molar-refractivity contribution in [3.63, 3.8) is 0 Å². The average Bonchev–Trinajstić information content (AvgIpc) is 2.28. The van der Waals surface area contributed by atoms with Crippen molar-refractivity contribution in [3.05, 3.63) is 35.1 Å². The van der Waals surface area contributed by atoms with Gasteiger partial charge in [0, 0.05) is 12.0 Å². The van der Waals surface area contributed by atoms with Gasteiger partial charge in [-0.3, -0.25) is 4.79 Å². The van der Waals surface area contributed by atoms with E-state index >= 15 is 0 Å². The Hall–Kier alpha value is -1.22. The number of rotatable bonds is 0. The van der Waals surface area contributed by atoms with E-state index in [2.05, 4.69) is 0 Å². The Balaban J connectivity index is 2.54. The van der Waals surface area contributed by atoms with Crippen LogP contribution in [0.2, 0.25) is 0 Å². The molecule has 1 aliphatic rings. The zero-order chi connectivity index (χ0) is 8.72. The molecule has 1 aromatic carbocycles. The summed E-state index contributed by atoms with van der Waals surface area (Å²) in [7, 11) is 0. The van der Waals surface area contributed by atoms with Crippen LogP contribution in [0.5, 0.6) is 0 Å². The van der Waals surface area contributed by atoms with E-state index in [1.165, 1.54) is 18.2 Å². The molecule has 3 heteroatoms. The van der Waals surface area contributed by atoms with Gasteiger partial charge >= 0.3 is 0 Å². The standard InChI is InChI=1S/C9H7FO2/c10-6-1-2-7-5(3-6)4-8(11)9(7)12/h1-3,8,11H,4H2. The molecule has 0 aromatic heterocycles. The largest absolute Gasteiger partial charge is 0.385 e. The molecule has 0 fully saturated rings. The van der Waals surface area contributed by atoms with Crippen LogP contribution in [0.3, 0.4) is 0 Å². The topological polar surface area (TPSA) is 37.3 Å². The number of hydrogen-bond acceptors (Lipinski definition) is 2. The molecule has 2 nitrogen and oxygen atoms in total. The van der Waals surface area contributed by atoms with E-state index in [0.29, 0.717) is 11.1 Å². The van der Waals surface area contributed by atoms with Crippen LogP contribution in [0.25, 0.3) is 0 Å². The Kier molecular flexibility index (Phi) is 1.48. The molecule has 0 bridgehead atoms. The minimum Gasteiger partial charge on any atom is -0.385 e. The van der Waals surface area contributed by atoms with E-state index < -0.39 is 6.10 Å². The number of Topliss-reactive ketones (excluding diaryl/α,β-unsaturated/α-hetero) is 1. The Bertz CT molecular complexity index is 346. The summed E-state index contributed by atoms with van der Waals surface area (Å²) in [6.45, 7) is 0. The molecule has 2 rings (SSSR count). The maximum atomic E-state index is 12.6. The second kappa shape index (κ2) is 2.38. The summed E-state index contributed by atoms with van der Waals surface area (Å²) in [6.07, 6.45) is -0.729. The van der Waals surface area contributed by atoms with Gasteiger partial charge in [0.15, 0.2) is 5.78 Å². The fourth-order valence-corrected chi connectivity index (χ4v) is 1.45. The van der Waals surface area contributed by atoms with E-state index in [4.69, 9.17) is 5.11 Å². The number of aliphatic hydroxyl groups excluding tert-OH is 1. The molecule has 0 amide bonds. The van der Waals surface area contributed by atoms with Gasteiger partial charge in [-0.2, -0.15) is 0 Å². The van der Waals surface area contributed by atoms with Gasteiger partial charge in [-0.15, -0.1) is 0 Å². The summed E-state index contributed by atoms with van der Waals surface area (Å²) in [5, 5.41) is 9.14. The van der Waals surface area contributed by atoms with E-state index in [9.17, 15) is 9.18 Å². The predicted octanol–water partition coefficient (Wildman–Crippen LogP) is 0.925. The molecular weight excluding hydrogens is 159 g/mol. The van der Waals surface area contributed by atoms with Gasteiger partial charge in [0.25, 0.3) is 0 Å². The number of carbonyl (C=O) groups is 1. The van der Waals surface area contributed by atoms with Gasteiger partial charge in [-0.05, 0) is 23.8 Å². The predicted molar refractivity (Wildman–Crippen MR) is 40.4 cm³/mol. The van der Waals surface area contributed by atoms with Crippen molar-refractivity contribution in [2.75, 3.05) is 0 Å². The van der Waals surface area contributed by atoms with Crippen LogP contribution in [0, 0.1) is 5.82 Å². The quantitative estimate of drug-likeness (QED) is 0.622. The van der Waals surface area contributed by atoms with E-state index in [-0.39, 0.29) is 18.0 Å². The molecule has 0 radical (unpaired) electrons. The van der Waals surface area contributed by atoms with Gasteiger partial charge in [0.2, 0.25) is 0 Å². The third-order valence-electron chi connectivity index (χ3n) is 2.05. The molecule has 1 atom stereocenters. The number of hydrogen-bond donors (Lipinski definition) is 1. The summed E-state index contributed by atoms with van der Waals surface area (Å²) in [5.74, 6) is -0.666. The number of halogens is 1. The highest BCUT2D eigenvalue weighted by molar-refractivity contribution is 6.03. The van der Waals surface area contributed by atoms with E-state index in [0.717, 1.165) is 0 Å². The lowest BCUT2D eigenvalue weighted by Crippen LogP contribution is -2.13. The Morgan fingerprint density at radius 1 is 1.50 bits per heavy atom. The zero-order valence-corrected chi connectivity index (χ0v) is 6.25. The minimum atomic E-state index is -0.971. The fraction of sp³-hybridized carbons (Fsp3) is 0.222. The summed E-state index contributed by atoms with van der Waals surface area (Å²) in [6, 6.07) is 3.95. The molecule has 1 aliphatic carbocycles. The maximum Gasteiger partial charge on any atom is 0.191 e. The Morgan fingerprint density at radius 3 is 3.00 bits per heavy atom. The van der Waals surface area contributed by atoms with Crippen LogP contribution in [0.4, 0.5) is 4.39 Å². The van der Waals surface area contributed by atoms with Crippen molar-refractivity contribution in [1.82, 2.24) is 0 Å². The van der Waals surface area contributed by atoms with Crippen molar-refractivity contribution >= 4 is 5.78 Å². The van der Waals surface area contributed by atoms with Crippen LogP contribution in [-0.4, -0.2) is 17.0 Å². The Morgan fingerprint density at radius 2 is 2.25 bits per heavy atom. The number of aliphatic hydroxyl groups is 1. The molecule has 1 N–H and O–H groups in total. The molecule has 0 aliphatic heterocycles. The summed E-state index contributed by atoms with van der Waals surface area (Å²) in [4.78, 5) is 11.1. The highest BCUT2D eigenvalue weighted by Gasteiger charge is 2.28. The fourth-order valence-electron chi connectivity index (χ4n) is 1.45. The molecule has 12 heavy (non-hydrogen) atoms. The monoisotopic (exact) mass is 166 g/mol. The second-order valence-corrected chi connectivity index (χ2v) is 2.89. The van der Waals surface area contributed by atoms with Crippen LogP contribution in [0.1, 0.15) is 15.9 Å². The number of ketones is 1. The van der Waals surface area contributed by atoms with Crippen LogP contribution in [0.15, 0.2) is 18.2 Å². The second-order valence-electron chi connectivity index (χ2n) is 2.89. The first-order chi connectivity index (χ1) is 5.68. The molecule has 0 saturated carbocycles. The first-order valence-corrected chi connectivity index (χ1v) is 3.69. The summed E-state index contributed by atoms with van der Waals surface area (Å²) in [5.41, 5.74) is 1.05. The maximum absolute atomic E-state index is 12.6. The number of benzene rings is 1. The lowest BCUT2D eigenvalue weighted by molar-refractivity contribution is 0.0780. The van der Waals surface area contributed by atoms with Gasteiger partial charge in [0.05, 0.1) is 0 Å². The SMILES string of the molecule is O=C1c2ccc(F)cc2CC1O. The van der Waals surface area contributed by atoms with Crippen LogP contribution < -0.4 is 0 Å². The Labute approximate surface area is 68.6 Å². The van der Waals surface area contributed by atoms with Crippen molar-refractivity contribution < 1.29 is 14.3 Å². The third kappa shape index (κ3) is 0.940. The molecule has 1 aromatic rings. The molecular formula is C9H7FO2. The lowest BCUT2D eigenvalue weighted by atomic mass is 10.1. The number of carbonyl (C=O) groups excluding carboxylic acids is 1. The van der Waals surface area contributed by atoms with Crippen LogP contribution >= 0.6 is 0 Å². The normalized spacial score (nSPS) is 21.2. The van der Waals surface area contributed by atoms with Gasteiger partial charge < -0.3 is 5.11 Å². The van der Waals surface area contributed by atoms with Crippen molar-refractivity contribution in [3.8, 4) is 0 Å². The van der Waals surface area contributed by atoms with E-state index in [1.807, 2.05) is 0 Å². The highest BCUT2D eigenvalue weighted by Crippen LogP contribution is 2.22. The van der Waals surface area contributed by atoms with Gasteiger partial charge in [-0.25, -0.2) is 4.39 Å². The number of fused-ring (bicyclic) bond motifs is 1. The summed E-state index contributed by atoms with van der Waals surface area (Å²) < 4.78 is 12.6. The van der Waals surface area contributed by atoms with Crippen molar-refractivity contribution in [2.45, 2.75) is 12.5 Å². The lowest BCUT2D eigenvalue weighted by Gasteiger charge is -1.94. The van der Waals surface area contributed by atoms with Gasteiger partial charge in [-0.1, -0.05) is 0 Å². The molecule has 1 unspecified atom stereocenters. The first kappa shape index (κ1) is 7.43. The summed E-state index contributed by atoms with van der Waals surface area (Å²) >= 11 is 0. The average molecular weight is 166 g/mol. The van der Waals surface area contributed by atoms with E-state index in [1.54, 1.807) is 0 Å². The first-order valence-electron chi connectivity index (χ1n) is 3.69. The van der Waals surface area contributed by atoms with Crippen LogP contribution in [-0.2, 0) is 6.42 Å². The van der Waals surface area contributed by atoms with Crippen molar-refractivity contribution in [1.29, 1.82) is 0 Å². The highest BCUT2D eigenvalue weighted by atomic mass is 19.1. The molecule has 0 saturated heterocycles. The molecule has 0 heterocycles. The smallest absolute Gasteiger partial charge is 0.191 e. The van der Waals surface area contributed by atoms with Crippen molar-refractivity contribution in [2.24, 2.45) is 0 Å². The minimum absolute atomic E-state index is 0.242. The zero-order valence-electron chi connectivity index (χ0n) is 6.25.